The molecule has 122 valence electrons. The lowest BCUT2D eigenvalue weighted by Gasteiger charge is -2.14. The average molecular weight is 327 g/mol. The van der Waals surface area contributed by atoms with Crippen LogP contribution in [0.3, 0.4) is 0 Å². The lowest BCUT2D eigenvalue weighted by molar-refractivity contribution is -0.122. The van der Waals surface area contributed by atoms with Gasteiger partial charge in [0.1, 0.15) is 0 Å². The number of halogens is 1. The molecule has 1 aromatic carbocycles. The summed E-state index contributed by atoms with van der Waals surface area (Å²) in [5.41, 5.74) is 12.6. The molecule has 2 rings (SSSR count). The number of nitrogens with two attached hydrogens (primary N) is 2. The van der Waals surface area contributed by atoms with Crippen LogP contribution in [0.2, 0.25) is 0 Å². The van der Waals surface area contributed by atoms with Crippen LogP contribution in [0.25, 0.3) is 0 Å². The maximum Gasteiger partial charge on any atom is 0.316 e. The third-order valence-corrected chi connectivity index (χ3v) is 3.88. The molecule has 7 heteroatoms. The van der Waals surface area contributed by atoms with Crippen molar-refractivity contribution in [1.82, 2.24) is 5.32 Å². The molecular formula is C15H23ClN4O2. The van der Waals surface area contributed by atoms with Crippen molar-refractivity contribution in [3.05, 3.63) is 29.8 Å². The second-order valence-electron chi connectivity index (χ2n) is 5.52. The van der Waals surface area contributed by atoms with Crippen LogP contribution in [0, 0.1) is 5.92 Å². The Kier molecular flexibility index (Phi) is 7.14. The fourth-order valence-electron chi connectivity index (χ4n) is 2.68. The Morgan fingerprint density at radius 1 is 1.18 bits per heavy atom. The number of anilines is 1. The number of primary amides is 1. The van der Waals surface area contributed by atoms with Crippen molar-refractivity contribution in [3.63, 3.8) is 0 Å². The minimum atomic E-state index is -0.594. The van der Waals surface area contributed by atoms with Gasteiger partial charge in [-0.3, -0.25) is 4.79 Å². The molecule has 1 aliphatic rings. The fraction of sp³-hybridized carbons (Fsp3) is 0.467. The smallest absolute Gasteiger partial charge is 0.316 e. The van der Waals surface area contributed by atoms with Gasteiger partial charge in [0.05, 0.1) is 0 Å². The lowest BCUT2D eigenvalue weighted by atomic mass is 10.00. The van der Waals surface area contributed by atoms with Gasteiger partial charge in [0.25, 0.3) is 0 Å². The monoisotopic (exact) mass is 326 g/mol. The highest BCUT2D eigenvalue weighted by Gasteiger charge is 2.25. The Hall–Kier alpha value is -1.79. The Morgan fingerprint density at radius 2 is 1.86 bits per heavy atom. The summed E-state index contributed by atoms with van der Waals surface area (Å²) in [4.78, 5) is 22.6. The van der Waals surface area contributed by atoms with Gasteiger partial charge < -0.3 is 22.1 Å². The number of benzene rings is 1. The van der Waals surface area contributed by atoms with Gasteiger partial charge in [-0.25, -0.2) is 4.79 Å². The zero-order valence-corrected chi connectivity index (χ0v) is 13.2. The first-order valence-electron chi connectivity index (χ1n) is 7.22. The Labute approximate surface area is 136 Å². The predicted molar refractivity (Wildman–Crippen MR) is 88.7 cm³/mol. The maximum atomic E-state index is 11.9. The SMILES string of the molecule is Cl.NC(=O)Nc1ccc(CNC(=O)C[C@@H]2CCC[C@H]2N)cc1. The van der Waals surface area contributed by atoms with Crippen LogP contribution in [0.15, 0.2) is 24.3 Å². The Bertz CT molecular complexity index is 507. The zero-order valence-electron chi connectivity index (χ0n) is 12.4. The first kappa shape index (κ1) is 18.3. The standard InChI is InChI=1S/C15H22N4O2.ClH/c16-13-3-1-2-11(13)8-14(20)18-9-10-4-6-12(7-5-10)19-15(17)21;/h4-7,11,13H,1-3,8-9,16H2,(H,18,20)(H3,17,19,21);1H/t11-,13+;/m0./s1. The number of carbonyl (C=O) groups excluding carboxylic acids is 2. The van der Waals surface area contributed by atoms with Gasteiger partial charge in [-0.1, -0.05) is 18.6 Å². The quantitative estimate of drug-likeness (QED) is 0.661. The second-order valence-corrected chi connectivity index (χ2v) is 5.52. The van der Waals surface area contributed by atoms with E-state index in [0.717, 1.165) is 24.8 Å². The van der Waals surface area contributed by atoms with Crippen LogP contribution in [-0.4, -0.2) is 18.0 Å². The Balaban J connectivity index is 0.00000242. The van der Waals surface area contributed by atoms with E-state index in [0.29, 0.717) is 24.6 Å². The molecule has 1 aromatic rings. The molecule has 0 saturated heterocycles. The molecule has 1 fully saturated rings. The van der Waals surface area contributed by atoms with Crippen molar-refractivity contribution in [2.75, 3.05) is 5.32 Å². The van der Waals surface area contributed by atoms with Gasteiger partial charge >= 0.3 is 6.03 Å². The van der Waals surface area contributed by atoms with Crippen LogP contribution in [-0.2, 0) is 11.3 Å². The topological polar surface area (TPSA) is 110 Å². The number of hydrogen-bond acceptors (Lipinski definition) is 3. The van der Waals surface area contributed by atoms with Crippen molar-refractivity contribution in [3.8, 4) is 0 Å². The van der Waals surface area contributed by atoms with Crippen molar-refractivity contribution in [1.29, 1.82) is 0 Å². The summed E-state index contributed by atoms with van der Waals surface area (Å²) in [6.07, 6.45) is 3.68. The van der Waals surface area contributed by atoms with Crippen LogP contribution in [0.1, 0.15) is 31.2 Å². The first-order chi connectivity index (χ1) is 10.0. The van der Waals surface area contributed by atoms with E-state index in [9.17, 15) is 9.59 Å². The highest BCUT2D eigenvalue weighted by molar-refractivity contribution is 5.87. The molecule has 6 nitrogen and oxygen atoms in total. The third kappa shape index (κ3) is 5.54. The normalized spacial score (nSPS) is 20.0. The largest absolute Gasteiger partial charge is 0.352 e. The molecule has 1 aliphatic carbocycles. The zero-order chi connectivity index (χ0) is 15.2. The second kappa shape index (κ2) is 8.60. The average Bonchev–Trinajstić information content (AvgIpc) is 2.83. The molecule has 0 bridgehead atoms. The minimum absolute atomic E-state index is 0. The van der Waals surface area contributed by atoms with Gasteiger partial charge in [0.2, 0.25) is 5.91 Å². The van der Waals surface area contributed by atoms with Gasteiger partial charge in [-0.15, -0.1) is 12.4 Å². The number of hydrogen-bond donors (Lipinski definition) is 4. The van der Waals surface area contributed by atoms with Gasteiger partial charge in [-0.2, -0.15) is 0 Å². The first-order valence-corrected chi connectivity index (χ1v) is 7.22. The summed E-state index contributed by atoms with van der Waals surface area (Å²) >= 11 is 0. The third-order valence-electron chi connectivity index (χ3n) is 3.88. The number of carbonyl (C=O) groups is 2. The molecule has 0 unspecified atom stereocenters. The maximum absolute atomic E-state index is 11.9. The molecule has 0 spiro atoms. The van der Waals surface area contributed by atoms with E-state index in [1.54, 1.807) is 12.1 Å². The minimum Gasteiger partial charge on any atom is -0.352 e. The summed E-state index contributed by atoms with van der Waals surface area (Å²) in [7, 11) is 0. The van der Waals surface area contributed by atoms with Crippen LogP contribution in [0.5, 0.6) is 0 Å². The fourth-order valence-corrected chi connectivity index (χ4v) is 2.68. The van der Waals surface area contributed by atoms with E-state index in [2.05, 4.69) is 10.6 Å². The van der Waals surface area contributed by atoms with Gasteiger partial charge in [0, 0.05) is 24.7 Å². The van der Waals surface area contributed by atoms with E-state index in [-0.39, 0.29) is 24.4 Å². The molecule has 22 heavy (non-hydrogen) atoms. The molecule has 0 heterocycles. The molecule has 2 atom stereocenters. The molecule has 3 amide bonds. The summed E-state index contributed by atoms with van der Waals surface area (Å²) in [6, 6.07) is 6.75. The molecule has 1 saturated carbocycles. The highest BCUT2D eigenvalue weighted by atomic mass is 35.5. The van der Waals surface area contributed by atoms with E-state index in [4.69, 9.17) is 11.5 Å². The number of amides is 3. The van der Waals surface area contributed by atoms with Crippen LogP contribution < -0.4 is 22.1 Å². The van der Waals surface area contributed by atoms with Crippen molar-refractivity contribution >= 4 is 30.0 Å². The summed E-state index contributed by atoms with van der Waals surface area (Å²) in [5.74, 6) is 0.351. The molecule has 6 N–H and O–H groups in total. The van der Waals surface area contributed by atoms with E-state index in [1.165, 1.54) is 0 Å². The van der Waals surface area contributed by atoms with Crippen LogP contribution in [0.4, 0.5) is 10.5 Å². The van der Waals surface area contributed by atoms with E-state index >= 15 is 0 Å². The van der Waals surface area contributed by atoms with Gasteiger partial charge in [-0.05, 0) is 36.5 Å². The van der Waals surface area contributed by atoms with Crippen molar-refractivity contribution in [2.45, 2.75) is 38.3 Å². The van der Waals surface area contributed by atoms with E-state index in [1.807, 2.05) is 12.1 Å². The summed E-state index contributed by atoms with van der Waals surface area (Å²) in [5, 5.41) is 5.39. The van der Waals surface area contributed by atoms with Crippen molar-refractivity contribution in [2.24, 2.45) is 17.4 Å². The number of rotatable bonds is 5. The van der Waals surface area contributed by atoms with Gasteiger partial charge in [0.15, 0.2) is 0 Å². The number of urea groups is 1. The molecule has 0 radical (unpaired) electrons. The molecule has 0 aliphatic heterocycles. The highest BCUT2D eigenvalue weighted by Crippen LogP contribution is 2.26. The summed E-state index contributed by atoms with van der Waals surface area (Å²) in [6.45, 7) is 0.470. The lowest BCUT2D eigenvalue weighted by Crippen LogP contribution is -2.31. The van der Waals surface area contributed by atoms with Crippen LogP contribution >= 0.6 is 12.4 Å². The van der Waals surface area contributed by atoms with Crippen molar-refractivity contribution < 1.29 is 9.59 Å². The van der Waals surface area contributed by atoms with E-state index < -0.39 is 6.03 Å². The number of nitrogens with one attached hydrogen (secondary N) is 2. The molecular weight excluding hydrogens is 304 g/mol. The Morgan fingerprint density at radius 3 is 2.41 bits per heavy atom. The predicted octanol–water partition coefficient (Wildman–Crippen LogP) is 1.73. The summed E-state index contributed by atoms with van der Waals surface area (Å²) < 4.78 is 0. The molecule has 0 aromatic heterocycles.